The predicted molar refractivity (Wildman–Crippen MR) is 95.0 cm³/mol. The molecule has 128 valence electrons. The number of methoxy groups -OCH3 is 2. The van der Waals surface area contributed by atoms with Gasteiger partial charge in [-0.1, -0.05) is 18.2 Å². The van der Waals surface area contributed by atoms with Gasteiger partial charge in [-0.25, -0.2) is 10.4 Å². The minimum atomic E-state index is -0.249. The van der Waals surface area contributed by atoms with Gasteiger partial charge >= 0.3 is 0 Å². The maximum atomic E-state index is 12.1. The maximum Gasteiger partial charge on any atom is 0.260 e. The van der Waals surface area contributed by atoms with E-state index in [9.17, 15) is 4.79 Å². The molecule has 7 nitrogen and oxygen atoms in total. The number of para-hydroxylation sites is 3. The first-order chi connectivity index (χ1) is 12.2. The number of benzene rings is 2. The van der Waals surface area contributed by atoms with E-state index in [0.29, 0.717) is 17.1 Å². The van der Waals surface area contributed by atoms with Crippen molar-refractivity contribution in [2.24, 2.45) is 5.10 Å². The molecule has 3 aromatic rings. The lowest BCUT2D eigenvalue weighted by molar-refractivity contribution is -0.121. The van der Waals surface area contributed by atoms with Gasteiger partial charge in [0.1, 0.15) is 6.54 Å². The van der Waals surface area contributed by atoms with Crippen molar-refractivity contribution >= 4 is 23.2 Å². The summed E-state index contributed by atoms with van der Waals surface area (Å²) in [6.45, 7) is 0.132. The summed E-state index contributed by atoms with van der Waals surface area (Å²) in [5.74, 6) is 0.910. The molecule has 0 unspecified atom stereocenters. The summed E-state index contributed by atoms with van der Waals surface area (Å²) in [4.78, 5) is 16.3. The molecule has 1 aromatic heterocycles. The van der Waals surface area contributed by atoms with Crippen LogP contribution in [0, 0.1) is 0 Å². The van der Waals surface area contributed by atoms with Gasteiger partial charge in [0.25, 0.3) is 5.91 Å². The van der Waals surface area contributed by atoms with Crippen LogP contribution in [0.5, 0.6) is 11.5 Å². The van der Waals surface area contributed by atoms with Crippen LogP contribution in [0.25, 0.3) is 11.0 Å². The van der Waals surface area contributed by atoms with Crippen LogP contribution < -0.4 is 14.9 Å². The monoisotopic (exact) mass is 338 g/mol. The Morgan fingerprint density at radius 3 is 2.84 bits per heavy atom. The van der Waals surface area contributed by atoms with Gasteiger partial charge < -0.3 is 14.0 Å². The lowest BCUT2D eigenvalue weighted by Crippen LogP contribution is -2.22. The fourth-order valence-electron chi connectivity index (χ4n) is 2.51. The van der Waals surface area contributed by atoms with Crippen LogP contribution in [0.3, 0.4) is 0 Å². The number of nitrogens with one attached hydrogen (secondary N) is 1. The molecule has 0 aliphatic carbocycles. The van der Waals surface area contributed by atoms with E-state index in [1.807, 2.05) is 36.4 Å². The number of amides is 1. The molecule has 0 fully saturated rings. The van der Waals surface area contributed by atoms with Crippen molar-refractivity contribution in [3.63, 3.8) is 0 Å². The van der Waals surface area contributed by atoms with Crippen LogP contribution >= 0.6 is 0 Å². The summed E-state index contributed by atoms with van der Waals surface area (Å²) in [6.07, 6.45) is 3.16. The van der Waals surface area contributed by atoms with Crippen LogP contribution in [0.1, 0.15) is 5.56 Å². The van der Waals surface area contributed by atoms with Crippen molar-refractivity contribution in [3.8, 4) is 11.5 Å². The van der Waals surface area contributed by atoms with Gasteiger partial charge in [0, 0.05) is 5.56 Å². The molecule has 3 rings (SSSR count). The number of hydrogen-bond acceptors (Lipinski definition) is 5. The molecule has 0 saturated heterocycles. The summed E-state index contributed by atoms with van der Waals surface area (Å²) < 4.78 is 12.3. The number of aromatic nitrogens is 2. The molecule has 1 heterocycles. The molecule has 0 bridgehead atoms. The summed E-state index contributed by atoms with van der Waals surface area (Å²) >= 11 is 0. The van der Waals surface area contributed by atoms with E-state index in [4.69, 9.17) is 9.47 Å². The number of imidazole rings is 1. The fourth-order valence-corrected chi connectivity index (χ4v) is 2.51. The number of hydrazone groups is 1. The van der Waals surface area contributed by atoms with Crippen molar-refractivity contribution in [3.05, 3.63) is 54.4 Å². The highest BCUT2D eigenvalue weighted by Crippen LogP contribution is 2.29. The largest absolute Gasteiger partial charge is 0.493 e. The third-order valence-corrected chi connectivity index (χ3v) is 3.67. The smallest absolute Gasteiger partial charge is 0.260 e. The quantitative estimate of drug-likeness (QED) is 0.552. The standard InChI is InChI=1S/C18H18N4O3/c1-24-16-9-5-6-13(18(16)25-2)10-20-21-17(23)11-22-12-19-14-7-3-4-8-15(14)22/h3-10,12H,11H2,1-2H3,(H,21,23). The molecule has 1 amide bonds. The molecular formula is C18H18N4O3. The van der Waals surface area contributed by atoms with E-state index in [1.54, 1.807) is 31.2 Å². The van der Waals surface area contributed by atoms with E-state index >= 15 is 0 Å². The second-order valence-corrected chi connectivity index (χ2v) is 5.24. The number of hydrogen-bond donors (Lipinski definition) is 1. The number of nitrogens with zero attached hydrogens (tertiary/aromatic N) is 3. The predicted octanol–water partition coefficient (Wildman–Crippen LogP) is 2.20. The zero-order valence-electron chi connectivity index (χ0n) is 14.0. The minimum Gasteiger partial charge on any atom is -0.493 e. The van der Waals surface area contributed by atoms with Crippen molar-refractivity contribution in [2.75, 3.05) is 14.2 Å². The van der Waals surface area contributed by atoms with Gasteiger partial charge in [0.15, 0.2) is 11.5 Å². The van der Waals surface area contributed by atoms with E-state index in [-0.39, 0.29) is 12.5 Å². The third kappa shape index (κ3) is 3.60. The highest BCUT2D eigenvalue weighted by atomic mass is 16.5. The minimum absolute atomic E-state index is 0.132. The SMILES string of the molecule is COc1cccc(C=NNC(=O)Cn2cnc3ccccc32)c1OC. The van der Waals surface area contributed by atoms with E-state index in [1.165, 1.54) is 6.21 Å². The number of rotatable bonds is 6. The van der Waals surface area contributed by atoms with Crippen molar-refractivity contribution in [2.45, 2.75) is 6.54 Å². The van der Waals surface area contributed by atoms with Crippen molar-refractivity contribution in [1.82, 2.24) is 15.0 Å². The molecule has 0 aliphatic heterocycles. The number of ether oxygens (including phenoxy) is 2. The lowest BCUT2D eigenvalue weighted by atomic mass is 10.2. The molecule has 0 aliphatic rings. The fraction of sp³-hybridized carbons (Fsp3) is 0.167. The Kier molecular flexibility index (Phi) is 4.94. The second-order valence-electron chi connectivity index (χ2n) is 5.24. The van der Waals surface area contributed by atoms with E-state index < -0.39 is 0 Å². The van der Waals surface area contributed by atoms with Gasteiger partial charge in [0.05, 0.1) is 37.8 Å². The molecule has 25 heavy (non-hydrogen) atoms. The molecule has 1 N–H and O–H groups in total. The Labute approximate surface area is 144 Å². The Hall–Kier alpha value is -3.35. The zero-order valence-corrected chi connectivity index (χ0v) is 14.0. The Bertz CT molecular complexity index is 918. The first kappa shape index (κ1) is 16.5. The van der Waals surface area contributed by atoms with E-state index in [2.05, 4.69) is 15.5 Å². The summed E-state index contributed by atoms with van der Waals surface area (Å²) in [7, 11) is 3.12. The average molecular weight is 338 g/mol. The first-order valence-electron chi connectivity index (χ1n) is 7.65. The van der Waals surface area contributed by atoms with Gasteiger partial charge in [-0.05, 0) is 24.3 Å². The highest BCUT2D eigenvalue weighted by molar-refractivity contribution is 5.86. The highest BCUT2D eigenvalue weighted by Gasteiger charge is 2.08. The van der Waals surface area contributed by atoms with Crippen LogP contribution in [0.2, 0.25) is 0 Å². The van der Waals surface area contributed by atoms with Crippen LogP contribution in [-0.4, -0.2) is 35.9 Å². The molecule has 7 heteroatoms. The van der Waals surface area contributed by atoms with Crippen LogP contribution in [0.4, 0.5) is 0 Å². The van der Waals surface area contributed by atoms with Crippen molar-refractivity contribution < 1.29 is 14.3 Å². The summed E-state index contributed by atoms with van der Waals surface area (Å²) in [5, 5.41) is 3.99. The topological polar surface area (TPSA) is 77.7 Å². The van der Waals surface area contributed by atoms with Crippen LogP contribution in [-0.2, 0) is 11.3 Å². The van der Waals surface area contributed by atoms with Gasteiger partial charge in [-0.3, -0.25) is 4.79 Å². The normalized spacial score (nSPS) is 11.0. The number of fused-ring (bicyclic) bond motifs is 1. The Balaban J connectivity index is 1.67. The maximum absolute atomic E-state index is 12.1. The molecule has 2 aromatic carbocycles. The molecule has 0 spiro atoms. The van der Waals surface area contributed by atoms with Crippen molar-refractivity contribution in [1.29, 1.82) is 0 Å². The van der Waals surface area contributed by atoms with E-state index in [0.717, 1.165) is 11.0 Å². The van der Waals surface area contributed by atoms with Gasteiger partial charge in [0.2, 0.25) is 0 Å². The number of carbonyl (C=O) groups is 1. The molecule has 0 radical (unpaired) electrons. The first-order valence-corrected chi connectivity index (χ1v) is 7.65. The lowest BCUT2D eigenvalue weighted by Gasteiger charge is -2.09. The van der Waals surface area contributed by atoms with Gasteiger partial charge in [-0.2, -0.15) is 5.10 Å². The Morgan fingerprint density at radius 1 is 1.20 bits per heavy atom. The van der Waals surface area contributed by atoms with Gasteiger partial charge in [-0.15, -0.1) is 0 Å². The zero-order chi connectivity index (χ0) is 17.6. The summed E-state index contributed by atoms with van der Waals surface area (Å²) in [5.41, 5.74) is 4.96. The molecular weight excluding hydrogens is 320 g/mol. The average Bonchev–Trinajstić information content (AvgIpc) is 3.04. The van der Waals surface area contributed by atoms with Crippen LogP contribution in [0.15, 0.2) is 53.9 Å². The summed E-state index contributed by atoms with van der Waals surface area (Å²) in [6, 6.07) is 13.1. The second kappa shape index (κ2) is 7.48. The molecule has 0 atom stereocenters. The molecule has 0 saturated carbocycles. The Morgan fingerprint density at radius 2 is 2.04 bits per heavy atom. The third-order valence-electron chi connectivity index (χ3n) is 3.67. The number of carbonyl (C=O) groups excluding carboxylic acids is 1.